The molecule has 0 fully saturated rings. The molecule has 65 heavy (non-hydrogen) atoms. The molecule has 0 rings (SSSR count). The van der Waals surface area contributed by atoms with Gasteiger partial charge in [-0.3, -0.25) is 23.7 Å². The molecule has 0 aromatic rings. The summed E-state index contributed by atoms with van der Waals surface area (Å²) in [6.45, 7) is 17.9. The molecule has 0 saturated heterocycles. The van der Waals surface area contributed by atoms with Crippen molar-refractivity contribution in [1.29, 1.82) is 0 Å². The number of hydrogen-bond donors (Lipinski definition) is 5. The van der Waals surface area contributed by atoms with Crippen LogP contribution in [0.4, 0.5) is 0 Å². The van der Waals surface area contributed by atoms with Crippen molar-refractivity contribution in [3.05, 3.63) is 0 Å². The molecule has 2 atom stereocenters. The molecule has 382 valence electrons. The lowest BCUT2D eigenvalue weighted by molar-refractivity contribution is -0.159. The van der Waals surface area contributed by atoms with E-state index in [4.69, 9.17) is 34.1 Å². The van der Waals surface area contributed by atoms with E-state index in [2.05, 4.69) is 16.0 Å². The lowest BCUT2D eigenvalue weighted by atomic mass is 10.0. The Morgan fingerprint density at radius 2 is 1.02 bits per heavy atom. The molecule has 0 aliphatic rings. The molecular formula is C48H93N4O12P. The molecule has 0 spiro atoms. The number of nitrogens with two attached hydrogens (primary N) is 1. The molecule has 0 heterocycles. The number of carboxylic acids is 1. The van der Waals surface area contributed by atoms with E-state index >= 15 is 0 Å². The quantitative estimate of drug-likeness (QED) is 0.0220. The van der Waals surface area contributed by atoms with Crippen LogP contribution in [0.25, 0.3) is 0 Å². The Labute approximate surface area is 393 Å². The van der Waals surface area contributed by atoms with Crippen LogP contribution in [-0.4, -0.2) is 109 Å². The fourth-order valence-corrected chi connectivity index (χ4v) is 9.30. The van der Waals surface area contributed by atoms with Crippen LogP contribution in [-0.2, 0) is 51.8 Å². The highest BCUT2D eigenvalue weighted by Gasteiger charge is 2.34. The summed E-state index contributed by atoms with van der Waals surface area (Å²) in [5.41, 5.74) is 3.70. The number of ether oxygens (including phenoxy) is 3. The predicted octanol–water partition coefficient (Wildman–Crippen LogP) is 8.90. The van der Waals surface area contributed by atoms with Crippen molar-refractivity contribution in [2.75, 3.05) is 45.7 Å². The number of carboxylic acid groups (broad SMARTS) is 1. The first-order valence-corrected chi connectivity index (χ1v) is 26.3. The maximum Gasteiger partial charge on any atom is 0.331 e. The monoisotopic (exact) mass is 949 g/mol. The van der Waals surface area contributed by atoms with E-state index < -0.39 is 48.4 Å². The maximum atomic E-state index is 13.3. The Balaban J connectivity index is 4.06. The highest BCUT2D eigenvalue weighted by molar-refractivity contribution is 7.53. The summed E-state index contributed by atoms with van der Waals surface area (Å²) in [7, 11) is -3.14. The van der Waals surface area contributed by atoms with Crippen molar-refractivity contribution in [3.8, 4) is 0 Å². The van der Waals surface area contributed by atoms with Crippen LogP contribution in [0.15, 0.2) is 0 Å². The number of unbranched alkanes of at least 4 members (excludes halogenated alkanes) is 16. The Morgan fingerprint density at radius 1 is 0.538 bits per heavy atom. The number of hydrogen-bond acceptors (Lipinski definition) is 12. The zero-order valence-corrected chi connectivity index (χ0v) is 43.0. The number of nitrogens with one attached hydrogen (secondary N) is 3. The summed E-state index contributed by atoms with van der Waals surface area (Å²) < 4.78 is 41.4. The summed E-state index contributed by atoms with van der Waals surface area (Å²) in [5, 5.41) is 17.0. The van der Waals surface area contributed by atoms with Crippen LogP contribution in [0.5, 0.6) is 0 Å². The van der Waals surface area contributed by atoms with Gasteiger partial charge in [0.05, 0.1) is 37.2 Å². The van der Waals surface area contributed by atoms with Crippen molar-refractivity contribution in [3.63, 3.8) is 0 Å². The molecule has 3 amide bonds. The predicted molar refractivity (Wildman–Crippen MR) is 257 cm³/mol. The molecule has 0 aliphatic carbocycles. The molecule has 0 radical (unpaired) electrons. The summed E-state index contributed by atoms with van der Waals surface area (Å²) in [5.74, 6) is -2.40. The van der Waals surface area contributed by atoms with Crippen LogP contribution in [0, 0.1) is 0 Å². The van der Waals surface area contributed by atoms with Crippen molar-refractivity contribution < 1.29 is 56.9 Å². The van der Waals surface area contributed by atoms with Crippen LogP contribution in [0.3, 0.4) is 0 Å². The van der Waals surface area contributed by atoms with Gasteiger partial charge in [-0.15, -0.1) is 0 Å². The number of rotatable bonds is 40. The molecular weight excluding hydrogens is 856 g/mol. The average Bonchev–Trinajstić information content (AvgIpc) is 3.17. The second-order valence-corrected chi connectivity index (χ2v) is 22.2. The first-order chi connectivity index (χ1) is 30.4. The molecule has 1 unspecified atom stereocenters. The van der Waals surface area contributed by atoms with E-state index in [0.29, 0.717) is 38.4 Å². The van der Waals surface area contributed by atoms with Crippen molar-refractivity contribution >= 4 is 37.3 Å². The van der Waals surface area contributed by atoms with E-state index in [1.807, 2.05) is 41.5 Å². The first kappa shape index (κ1) is 62.4. The number of amides is 3. The SMILES string of the molecule is CC(C)(C)OC(=O)[C@H](CCC(=O)NCCOCCOCC(=O)NCCCCC(N)C(=O)O)NC(=O)CCCCCCCCCCCCCCCCCCP(=O)(OC(C)(C)C)OC(C)(C)C. The van der Waals surface area contributed by atoms with Gasteiger partial charge in [0.2, 0.25) is 17.7 Å². The summed E-state index contributed by atoms with van der Waals surface area (Å²) in [6.07, 6.45) is 20.6. The highest BCUT2D eigenvalue weighted by Crippen LogP contribution is 2.55. The van der Waals surface area contributed by atoms with Gasteiger partial charge in [-0.25, -0.2) is 4.79 Å². The van der Waals surface area contributed by atoms with Gasteiger partial charge in [-0.05, 0) is 101 Å². The molecule has 0 aliphatic heterocycles. The van der Waals surface area contributed by atoms with E-state index in [0.717, 1.165) is 44.9 Å². The number of carbonyl (C=O) groups is 5. The number of carbonyl (C=O) groups excluding carboxylic acids is 4. The molecule has 0 saturated carbocycles. The fourth-order valence-electron chi connectivity index (χ4n) is 6.80. The number of aliphatic carboxylic acids is 1. The smallest absolute Gasteiger partial charge is 0.331 e. The van der Waals surface area contributed by atoms with Gasteiger partial charge in [0.1, 0.15) is 24.3 Å². The summed E-state index contributed by atoms with van der Waals surface area (Å²) in [6, 6.07) is -1.83. The zero-order valence-electron chi connectivity index (χ0n) is 42.1. The minimum atomic E-state index is -3.14. The summed E-state index contributed by atoms with van der Waals surface area (Å²) in [4.78, 5) is 60.8. The van der Waals surface area contributed by atoms with Gasteiger partial charge in [0, 0.05) is 25.9 Å². The lowest BCUT2D eigenvalue weighted by Crippen LogP contribution is -2.44. The van der Waals surface area contributed by atoms with Crippen molar-refractivity contribution in [2.45, 2.75) is 232 Å². The standard InChI is InChI=1S/C48H93N4O12P/c1-46(2,3)62-45(58)40(30-31-41(53)51-33-34-60-35-36-61-38-43(55)50-32-26-25-28-39(49)44(56)57)52-42(54)29-24-22-20-18-16-14-12-10-11-13-15-17-19-21-23-27-37-65(59,63-47(4,5)6)64-48(7,8)9/h39-40H,10-38,49H2,1-9H3,(H,50,55)(H,51,53)(H,52,54)(H,56,57)/t39?,40-/m0/s1. The second-order valence-electron chi connectivity index (χ2n) is 20.1. The number of esters is 1. The molecule has 16 nitrogen and oxygen atoms in total. The third kappa shape index (κ3) is 41.3. The largest absolute Gasteiger partial charge is 0.480 e. The second kappa shape index (κ2) is 35.5. The van der Waals surface area contributed by atoms with Crippen LogP contribution >= 0.6 is 7.60 Å². The van der Waals surface area contributed by atoms with E-state index in [9.17, 15) is 28.5 Å². The molecule has 0 aromatic heterocycles. The van der Waals surface area contributed by atoms with Crippen molar-refractivity contribution in [1.82, 2.24) is 16.0 Å². The van der Waals surface area contributed by atoms with E-state index in [1.54, 1.807) is 20.8 Å². The highest BCUT2D eigenvalue weighted by atomic mass is 31.2. The van der Waals surface area contributed by atoms with Crippen LogP contribution < -0.4 is 21.7 Å². The summed E-state index contributed by atoms with van der Waals surface area (Å²) >= 11 is 0. The third-order valence-corrected chi connectivity index (χ3v) is 12.4. The Kier molecular flexibility index (Phi) is 34.1. The van der Waals surface area contributed by atoms with E-state index in [1.165, 1.54) is 57.8 Å². The van der Waals surface area contributed by atoms with Crippen LogP contribution in [0.1, 0.15) is 204 Å². The van der Waals surface area contributed by atoms with Gasteiger partial charge in [-0.1, -0.05) is 89.9 Å². The minimum Gasteiger partial charge on any atom is -0.480 e. The Hall–Kier alpha value is -2.62. The van der Waals surface area contributed by atoms with Gasteiger partial charge in [-0.2, -0.15) is 0 Å². The van der Waals surface area contributed by atoms with Gasteiger partial charge in [0.25, 0.3) is 0 Å². The third-order valence-electron chi connectivity index (χ3n) is 9.85. The minimum absolute atomic E-state index is 0.0191. The fraction of sp³-hybridized carbons (Fsp3) is 0.896. The molecule has 6 N–H and O–H groups in total. The van der Waals surface area contributed by atoms with Gasteiger partial charge >= 0.3 is 19.5 Å². The first-order valence-electron chi connectivity index (χ1n) is 24.6. The molecule has 0 bridgehead atoms. The van der Waals surface area contributed by atoms with E-state index in [-0.39, 0.29) is 63.5 Å². The normalized spacial score (nSPS) is 13.3. The van der Waals surface area contributed by atoms with Crippen LogP contribution in [0.2, 0.25) is 0 Å². The lowest BCUT2D eigenvalue weighted by Gasteiger charge is -2.32. The van der Waals surface area contributed by atoms with Gasteiger partial charge in [0.15, 0.2) is 0 Å². The van der Waals surface area contributed by atoms with Gasteiger partial charge < -0.3 is 50.0 Å². The maximum absolute atomic E-state index is 13.3. The Morgan fingerprint density at radius 3 is 1.51 bits per heavy atom. The Bertz CT molecular complexity index is 1340. The zero-order chi connectivity index (χ0) is 49.2. The van der Waals surface area contributed by atoms with Crippen molar-refractivity contribution in [2.24, 2.45) is 5.73 Å². The average molecular weight is 949 g/mol. The molecule has 0 aromatic carbocycles. The molecule has 17 heteroatoms. The topological polar surface area (TPSA) is 231 Å².